The Hall–Kier alpha value is -1.91. The minimum absolute atomic E-state index is 0.0252. The molecule has 1 aliphatic rings. The summed E-state index contributed by atoms with van der Waals surface area (Å²) >= 11 is 0. The molecule has 0 unspecified atom stereocenters. The van der Waals surface area contributed by atoms with E-state index < -0.39 is 18.4 Å². The van der Waals surface area contributed by atoms with Crippen molar-refractivity contribution in [3.05, 3.63) is 23.8 Å². The molecule has 0 radical (unpaired) electrons. The first-order valence-corrected chi connectivity index (χ1v) is 15.1. The Kier molecular flexibility index (Phi) is 14.9. The van der Waals surface area contributed by atoms with Gasteiger partial charge in [0.05, 0.1) is 39.6 Å². The van der Waals surface area contributed by atoms with E-state index in [1.54, 1.807) is 14.2 Å². The van der Waals surface area contributed by atoms with E-state index in [2.05, 4.69) is 39.1 Å². The molecule has 0 aliphatic carbocycles. The molecule has 236 valence electrons. The van der Waals surface area contributed by atoms with E-state index in [1.807, 2.05) is 26.0 Å². The average molecular weight is 581 g/mol. The number of aliphatic hydroxyl groups excluding tert-OH is 1. The molecule has 1 heterocycles. The molecule has 4 N–H and O–H groups in total. The van der Waals surface area contributed by atoms with Crippen LogP contribution in [-0.4, -0.2) is 76.6 Å². The Morgan fingerprint density at radius 2 is 1.76 bits per heavy atom. The van der Waals surface area contributed by atoms with Gasteiger partial charge in [-0.3, -0.25) is 4.79 Å². The highest BCUT2D eigenvalue weighted by atomic mass is 16.7. The van der Waals surface area contributed by atoms with Crippen LogP contribution in [0.25, 0.3) is 0 Å². The monoisotopic (exact) mass is 580 g/mol. The smallest absolute Gasteiger partial charge is 0.223 e. The number of amides is 1. The topological polar surface area (TPSA) is 122 Å². The van der Waals surface area contributed by atoms with Crippen molar-refractivity contribution in [2.75, 3.05) is 47.2 Å². The summed E-state index contributed by atoms with van der Waals surface area (Å²) in [6.45, 7) is 15.2. The van der Waals surface area contributed by atoms with Crippen LogP contribution in [0.1, 0.15) is 66.4 Å². The molecule has 1 saturated heterocycles. The summed E-state index contributed by atoms with van der Waals surface area (Å²) in [4.78, 5) is 13.1. The Balaban J connectivity index is 1.96. The zero-order valence-electron chi connectivity index (χ0n) is 26.6. The molecule has 1 aliphatic heterocycles. The lowest BCUT2D eigenvalue weighted by molar-refractivity contribution is -0.218. The van der Waals surface area contributed by atoms with Crippen LogP contribution in [-0.2, 0) is 25.4 Å². The Labute approximate surface area is 247 Å². The largest absolute Gasteiger partial charge is 0.493 e. The summed E-state index contributed by atoms with van der Waals surface area (Å²) in [5.41, 5.74) is 7.67. The highest BCUT2D eigenvalue weighted by Crippen LogP contribution is 2.32. The first-order chi connectivity index (χ1) is 19.4. The molecule has 0 saturated carbocycles. The maximum atomic E-state index is 13.1. The van der Waals surface area contributed by atoms with Crippen LogP contribution < -0.4 is 20.5 Å². The van der Waals surface area contributed by atoms with Gasteiger partial charge in [0.1, 0.15) is 0 Å². The van der Waals surface area contributed by atoms with Crippen molar-refractivity contribution >= 4 is 5.91 Å². The second-order valence-electron chi connectivity index (χ2n) is 12.9. The van der Waals surface area contributed by atoms with Crippen LogP contribution in [0.15, 0.2) is 18.2 Å². The van der Waals surface area contributed by atoms with E-state index >= 15 is 0 Å². The van der Waals surface area contributed by atoms with Gasteiger partial charge in [0.25, 0.3) is 0 Å². The van der Waals surface area contributed by atoms with Gasteiger partial charge < -0.3 is 39.8 Å². The molecule has 0 bridgehead atoms. The van der Waals surface area contributed by atoms with Crippen LogP contribution in [0.4, 0.5) is 0 Å². The zero-order valence-corrected chi connectivity index (χ0v) is 26.6. The van der Waals surface area contributed by atoms with Gasteiger partial charge in [-0.15, -0.1) is 0 Å². The number of rotatable bonds is 18. The molecule has 41 heavy (non-hydrogen) atoms. The molecule has 1 fully saturated rings. The highest BCUT2D eigenvalue weighted by molar-refractivity contribution is 5.78. The molecule has 0 spiro atoms. The third kappa shape index (κ3) is 12.1. The number of ether oxygens (including phenoxy) is 5. The maximum Gasteiger partial charge on any atom is 0.223 e. The predicted molar refractivity (Wildman–Crippen MR) is 161 cm³/mol. The van der Waals surface area contributed by atoms with E-state index in [-0.39, 0.29) is 35.6 Å². The van der Waals surface area contributed by atoms with Crippen molar-refractivity contribution in [3.63, 3.8) is 0 Å². The summed E-state index contributed by atoms with van der Waals surface area (Å²) in [7, 11) is 3.31. The number of methoxy groups -OCH3 is 2. The third-order valence-corrected chi connectivity index (χ3v) is 7.89. The lowest BCUT2D eigenvalue weighted by atomic mass is 9.81. The van der Waals surface area contributed by atoms with E-state index in [4.69, 9.17) is 29.4 Å². The predicted octanol–water partition coefficient (Wildman–Crippen LogP) is 4.18. The minimum Gasteiger partial charge on any atom is -0.493 e. The minimum atomic E-state index is -0.798. The molecule has 9 nitrogen and oxygen atoms in total. The fourth-order valence-corrected chi connectivity index (χ4v) is 5.02. The summed E-state index contributed by atoms with van der Waals surface area (Å²) in [5, 5.41) is 14.1. The lowest BCUT2D eigenvalue weighted by Gasteiger charge is -2.35. The van der Waals surface area contributed by atoms with Crippen molar-refractivity contribution in [1.82, 2.24) is 5.32 Å². The second-order valence-corrected chi connectivity index (χ2v) is 12.9. The van der Waals surface area contributed by atoms with Crippen molar-refractivity contribution in [2.45, 2.75) is 85.7 Å². The average Bonchev–Trinajstić information content (AvgIpc) is 2.92. The number of hydrogen-bond acceptors (Lipinski definition) is 8. The van der Waals surface area contributed by atoms with E-state index in [1.165, 1.54) is 0 Å². The molecule has 1 aromatic rings. The third-order valence-electron chi connectivity index (χ3n) is 7.89. The highest BCUT2D eigenvalue weighted by Gasteiger charge is 2.32. The first kappa shape index (κ1) is 35.3. The van der Waals surface area contributed by atoms with Gasteiger partial charge in [-0.1, -0.05) is 47.6 Å². The zero-order chi connectivity index (χ0) is 30.6. The number of benzene rings is 1. The Bertz CT molecular complexity index is 898. The van der Waals surface area contributed by atoms with Gasteiger partial charge in [0, 0.05) is 37.5 Å². The van der Waals surface area contributed by atoms with Crippen molar-refractivity contribution in [3.8, 4) is 11.5 Å². The maximum absolute atomic E-state index is 13.1. The molecule has 0 aromatic heterocycles. The van der Waals surface area contributed by atoms with Gasteiger partial charge in [-0.25, -0.2) is 0 Å². The van der Waals surface area contributed by atoms with Crippen LogP contribution in [0, 0.1) is 29.1 Å². The van der Waals surface area contributed by atoms with E-state index in [9.17, 15) is 9.90 Å². The number of carbonyl (C=O) groups excluding carboxylic acids is 1. The van der Waals surface area contributed by atoms with Crippen molar-refractivity contribution in [2.24, 2.45) is 34.8 Å². The first-order valence-electron chi connectivity index (χ1n) is 15.1. The van der Waals surface area contributed by atoms with Crippen LogP contribution >= 0.6 is 0 Å². The number of aliphatic hydroxyl groups is 1. The summed E-state index contributed by atoms with van der Waals surface area (Å²) in [5.74, 6) is 1.57. The fraction of sp³-hybridized carbons (Fsp3) is 0.781. The normalized spacial score (nSPS) is 18.6. The summed E-state index contributed by atoms with van der Waals surface area (Å²) < 4.78 is 28.0. The number of carbonyl (C=O) groups is 1. The molecule has 2 rings (SSSR count). The van der Waals surface area contributed by atoms with Gasteiger partial charge in [0.2, 0.25) is 5.91 Å². The number of nitrogens with one attached hydrogen (secondary N) is 1. The SMILES string of the molecule is COCCCOc1cc(C[C@@H](C[C@H](N)[C@@H](O)C[C@H](C(=O)NCC2OCC(C)(C)CO2)C(C)C)C(C)C)ccc1OC. The Morgan fingerprint density at radius 1 is 1.07 bits per heavy atom. The van der Waals surface area contributed by atoms with Crippen molar-refractivity contribution < 1.29 is 33.6 Å². The van der Waals surface area contributed by atoms with Gasteiger partial charge >= 0.3 is 0 Å². The standard InChI is InChI=1S/C32H56N2O7/c1-21(2)24(14-23-10-11-28(38-8)29(15-23)39-13-9-12-37-7)16-26(33)27(35)17-25(22(3)4)31(36)34-18-30-40-19-32(5,6)20-41-30/h10-11,15,21-22,24-27,30,35H,9,12-14,16-20,33H2,1-8H3,(H,34,36)/t24-,25-,26-,27-/m0/s1. The molecule has 4 atom stereocenters. The number of hydrogen-bond donors (Lipinski definition) is 3. The number of nitrogens with two attached hydrogens (primary N) is 1. The van der Waals surface area contributed by atoms with Gasteiger partial charge in [-0.05, 0) is 54.7 Å². The molecule has 9 heteroatoms. The van der Waals surface area contributed by atoms with E-state index in [0.29, 0.717) is 56.7 Å². The van der Waals surface area contributed by atoms with Gasteiger partial charge in [-0.2, -0.15) is 0 Å². The van der Waals surface area contributed by atoms with Gasteiger partial charge in [0.15, 0.2) is 17.8 Å². The van der Waals surface area contributed by atoms with Crippen LogP contribution in [0.5, 0.6) is 11.5 Å². The van der Waals surface area contributed by atoms with Crippen molar-refractivity contribution in [1.29, 1.82) is 0 Å². The molecular formula is C32H56N2O7. The van der Waals surface area contributed by atoms with E-state index in [0.717, 1.165) is 18.4 Å². The van der Waals surface area contributed by atoms with Crippen LogP contribution in [0.2, 0.25) is 0 Å². The fourth-order valence-electron chi connectivity index (χ4n) is 5.02. The summed E-state index contributed by atoms with van der Waals surface area (Å²) in [6, 6.07) is 5.57. The lowest BCUT2D eigenvalue weighted by Crippen LogP contribution is -2.46. The second kappa shape index (κ2) is 17.3. The summed E-state index contributed by atoms with van der Waals surface area (Å²) in [6.07, 6.45) is 1.28. The molecule has 1 aromatic carbocycles. The molecule has 1 amide bonds. The quantitative estimate of drug-likeness (QED) is 0.221. The van der Waals surface area contributed by atoms with Crippen LogP contribution in [0.3, 0.4) is 0 Å². The molecular weight excluding hydrogens is 524 g/mol. The Morgan fingerprint density at radius 3 is 2.34 bits per heavy atom.